The molecular formula is C17H27BrN2O3. The smallest absolute Gasteiger partial charge is 0.407 e. The second-order valence-corrected chi connectivity index (χ2v) is 7.87. The summed E-state index contributed by atoms with van der Waals surface area (Å²) in [4.78, 5) is 16.1. The third kappa shape index (κ3) is 7.31. The molecule has 0 saturated carbocycles. The minimum atomic E-state index is -0.537. The summed E-state index contributed by atoms with van der Waals surface area (Å²) in [5, 5.41) is 12.8. The molecule has 1 rings (SSSR count). The lowest BCUT2D eigenvalue weighted by molar-refractivity contribution is 0.0455. The van der Waals surface area contributed by atoms with Gasteiger partial charge in [0.25, 0.3) is 0 Å². The molecule has 0 aliphatic carbocycles. The van der Waals surface area contributed by atoms with E-state index in [1.54, 1.807) is 12.4 Å². The van der Waals surface area contributed by atoms with E-state index in [1.807, 2.05) is 26.8 Å². The van der Waals surface area contributed by atoms with E-state index in [0.717, 1.165) is 22.9 Å². The van der Waals surface area contributed by atoms with Crippen molar-refractivity contribution in [3.8, 4) is 0 Å². The van der Waals surface area contributed by atoms with E-state index in [9.17, 15) is 9.90 Å². The molecule has 0 bridgehead atoms. The number of hydrogen-bond acceptors (Lipinski definition) is 4. The molecule has 1 heterocycles. The molecule has 130 valence electrons. The minimum absolute atomic E-state index is 0.0108. The van der Waals surface area contributed by atoms with Crippen molar-refractivity contribution in [2.45, 2.75) is 52.6 Å². The van der Waals surface area contributed by atoms with Crippen LogP contribution < -0.4 is 5.32 Å². The third-order valence-electron chi connectivity index (χ3n) is 3.46. The Kier molecular flexibility index (Phi) is 7.48. The van der Waals surface area contributed by atoms with Gasteiger partial charge in [-0.25, -0.2) is 4.79 Å². The number of aliphatic hydroxyl groups excluding tert-OH is 1. The van der Waals surface area contributed by atoms with Crippen LogP contribution >= 0.6 is 15.9 Å². The SMILES string of the molecule is CCCC(CO)(CNC(=O)OC(C)(C)C)Cc1cncc(Br)c1. The van der Waals surface area contributed by atoms with E-state index in [-0.39, 0.29) is 6.61 Å². The highest BCUT2D eigenvalue weighted by Crippen LogP contribution is 2.28. The zero-order chi connectivity index (χ0) is 17.5. The molecule has 0 aliphatic rings. The normalized spacial score (nSPS) is 14.2. The largest absolute Gasteiger partial charge is 0.444 e. The van der Waals surface area contributed by atoms with Gasteiger partial charge in [-0.2, -0.15) is 0 Å². The Labute approximate surface area is 147 Å². The Morgan fingerprint density at radius 3 is 2.61 bits per heavy atom. The number of rotatable bonds is 7. The molecule has 0 aromatic carbocycles. The number of carbonyl (C=O) groups is 1. The quantitative estimate of drug-likeness (QED) is 0.749. The number of nitrogens with one attached hydrogen (secondary N) is 1. The van der Waals surface area contributed by atoms with E-state index in [0.29, 0.717) is 13.0 Å². The maximum atomic E-state index is 11.9. The summed E-state index contributed by atoms with van der Waals surface area (Å²) in [5.74, 6) is 0. The van der Waals surface area contributed by atoms with Crippen molar-refractivity contribution in [3.63, 3.8) is 0 Å². The van der Waals surface area contributed by atoms with Crippen LogP contribution in [0.4, 0.5) is 4.79 Å². The van der Waals surface area contributed by atoms with Crippen LogP contribution in [0, 0.1) is 5.41 Å². The zero-order valence-electron chi connectivity index (χ0n) is 14.4. The number of amides is 1. The van der Waals surface area contributed by atoms with Gasteiger partial charge in [-0.05, 0) is 61.2 Å². The van der Waals surface area contributed by atoms with Gasteiger partial charge in [0.2, 0.25) is 0 Å². The van der Waals surface area contributed by atoms with Crippen molar-refractivity contribution in [2.75, 3.05) is 13.2 Å². The summed E-state index contributed by atoms with van der Waals surface area (Å²) in [6.45, 7) is 7.89. The molecule has 0 radical (unpaired) electrons. The molecule has 0 spiro atoms. The summed E-state index contributed by atoms with van der Waals surface area (Å²) in [5.41, 5.74) is 0.0619. The van der Waals surface area contributed by atoms with Crippen molar-refractivity contribution < 1.29 is 14.6 Å². The summed E-state index contributed by atoms with van der Waals surface area (Å²) in [7, 11) is 0. The van der Waals surface area contributed by atoms with Crippen LogP contribution in [0.5, 0.6) is 0 Å². The molecule has 2 N–H and O–H groups in total. The summed E-state index contributed by atoms with van der Waals surface area (Å²) < 4.78 is 6.17. The first-order valence-electron chi connectivity index (χ1n) is 7.87. The monoisotopic (exact) mass is 386 g/mol. The van der Waals surface area contributed by atoms with E-state index >= 15 is 0 Å². The van der Waals surface area contributed by atoms with Crippen LogP contribution in [-0.2, 0) is 11.2 Å². The number of aliphatic hydroxyl groups is 1. The lowest BCUT2D eigenvalue weighted by Crippen LogP contribution is -2.43. The first-order chi connectivity index (χ1) is 10.7. The van der Waals surface area contributed by atoms with E-state index < -0.39 is 17.1 Å². The van der Waals surface area contributed by atoms with E-state index in [4.69, 9.17) is 4.74 Å². The summed E-state index contributed by atoms with van der Waals surface area (Å²) in [6, 6.07) is 1.99. The first kappa shape index (κ1) is 19.9. The minimum Gasteiger partial charge on any atom is -0.444 e. The van der Waals surface area contributed by atoms with Crippen LogP contribution in [0.2, 0.25) is 0 Å². The van der Waals surface area contributed by atoms with Gasteiger partial charge in [-0.3, -0.25) is 4.98 Å². The molecule has 1 unspecified atom stereocenters. The predicted molar refractivity (Wildman–Crippen MR) is 94.3 cm³/mol. The Morgan fingerprint density at radius 2 is 2.09 bits per heavy atom. The molecule has 0 fully saturated rings. The topological polar surface area (TPSA) is 71.5 Å². The van der Waals surface area contributed by atoms with Crippen molar-refractivity contribution in [2.24, 2.45) is 5.41 Å². The second-order valence-electron chi connectivity index (χ2n) is 6.95. The average Bonchev–Trinajstić information content (AvgIpc) is 2.43. The Hall–Kier alpha value is -1.14. The average molecular weight is 387 g/mol. The Bertz CT molecular complexity index is 517. The highest BCUT2D eigenvalue weighted by molar-refractivity contribution is 9.10. The lowest BCUT2D eigenvalue weighted by atomic mass is 9.78. The van der Waals surface area contributed by atoms with Crippen LogP contribution in [0.15, 0.2) is 22.9 Å². The maximum absolute atomic E-state index is 11.9. The summed E-state index contributed by atoms with van der Waals surface area (Å²) >= 11 is 3.41. The Balaban J connectivity index is 2.79. The summed E-state index contributed by atoms with van der Waals surface area (Å²) in [6.07, 6.45) is 5.41. The number of carbonyl (C=O) groups excluding carboxylic acids is 1. The van der Waals surface area contributed by atoms with Gasteiger partial charge in [0, 0.05) is 28.8 Å². The highest BCUT2D eigenvalue weighted by atomic mass is 79.9. The molecule has 1 atom stereocenters. The molecule has 5 nitrogen and oxygen atoms in total. The first-order valence-corrected chi connectivity index (χ1v) is 8.66. The number of alkyl carbamates (subject to hydrolysis) is 1. The molecule has 1 amide bonds. The third-order valence-corrected chi connectivity index (χ3v) is 3.90. The van der Waals surface area contributed by atoms with Gasteiger partial charge < -0.3 is 15.2 Å². The molecule has 23 heavy (non-hydrogen) atoms. The van der Waals surface area contributed by atoms with Crippen molar-refractivity contribution >= 4 is 22.0 Å². The van der Waals surface area contributed by atoms with Crippen molar-refractivity contribution in [3.05, 3.63) is 28.5 Å². The fourth-order valence-corrected chi connectivity index (χ4v) is 2.93. The van der Waals surface area contributed by atoms with Crippen LogP contribution in [0.25, 0.3) is 0 Å². The van der Waals surface area contributed by atoms with Crippen LogP contribution in [0.3, 0.4) is 0 Å². The van der Waals surface area contributed by atoms with Gasteiger partial charge in [-0.1, -0.05) is 13.3 Å². The van der Waals surface area contributed by atoms with E-state index in [2.05, 4.69) is 33.2 Å². The Morgan fingerprint density at radius 1 is 1.39 bits per heavy atom. The molecule has 0 aliphatic heterocycles. The van der Waals surface area contributed by atoms with Gasteiger partial charge in [0.1, 0.15) is 5.60 Å². The van der Waals surface area contributed by atoms with Crippen LogP contribution in [0.1, 0.15) is 46.1 Å². The second kappa shape index (κ2) is 8.64. The number of halogens is 1. The standard InChI is InChI=1S/C17H27BrN2O3/c1-5-6-17(12-21,8-13-7-14(18)10-19-9-13)11-20-15(22)23-16(2,3)4/h7,9-10,21H,5-6,8,11-12H2,1-4H3,(H,20,22). The highest BCUT2D eigenvalue weighted by Gasteiger charge is 2.30. The van der Waals surface area contributed by atoms with E-state index in [1.165, 1.54) is 0 Å². The van der Waals surface area contributed by atoms with Gasteiger partial charge >= 0.3 is 6.09 Å². The lowest BCUT2D eigenvalue weighted by Gasteiger charge is -2.32. The number of pyridine rings is 1. The fraction of sp³-hybridized carbons (Fsp3) is 0.647. The van der Waals surface area contributed by atoms with Gasteiger partial charge in [0.05, 0.1) is 6.61 Å². The molecule has 6 heteroatoms. The molecule has 1 aromatic rings. The number of hydrogen-bond donors (Lipinski definition) is 2. The molecule has 0 saturated heterocycles. The number of nitrogens with zero attached hydrogens (tertiary/aromatic N) is 1. The van der Waals surface area contributed by atoms with Crippen LogP contribution in [-0.4, -0.2) is 34.9 Å². The van der Waals surface area contributed by atoms with Gasteiger partial charge in [-0.15, -0.1) is 0 Å². The van der Waals surface area contributed by atoms with Crippen molar-refractivity contribution in [1.82, 2.24) is 10.3 Å². The number of ether oxygens (including phenoxy) is 1. The fourth-order valence-electron chi connectivity index (χ4n) is 2.52. The van der Waals surface area contributed by atoms with Gasteiger partial charge in [0.15, 0.2) is 0 Å². The zero-order valence-corrected chi connectivity index (χ0v) is 15.9. The molecule has 1 aromatic heterocycles. The number of aromatic nitrogens is 1. The van der Waals surface area contributed by atoms with Crippen molar-refractivity contribution in [1.29, 1.82) is 0 Å². The maximum Gasteiger partial charge on any atom is 0.407 e. The molecular weight excluding hydrogens is 360 g/mol. The predicted octanol–water partition coefficient (Wildman–Crippen LogP) is 3.69.